The van der Waals surface area contributed by atoms with E-state index in [1.165, 1.54) is 10.8 Å². The fourth-order valence-corrected chi connectivity index (χ4v) is 2.13. The molecule has 0 saturated heterocycles. The molecule has 7 nitrogen and oxygen atoms in total. The molecule has 0 aliphatic heterocycles. The van der Waals surface area contributed by atoms with Crippen LogP contribution in [0.3, 0.4) is 0 Å². The van der Waals surface area contributed by atoms with Gasteiger partial charge in [-0.05, 0) is 48.0 Å². The lowest BCUT2D eigenvalue weighted by Gasteiger charge is -2.05. The Labute approximate surface area is 144 Å². The second kappa shape index (κ2) is 7.10. The molecule has 7 heteroatoms. The first kappa shape index (κ1) is 16.0. The standard InChI is InChI=1S/C18H14N6O/c19-11-14-12-24(23-18(14)20)16-4-2-15(3-5-16)22-17(25)6-1-13-7-9-21-10-8-13/h1-10,12H,(H2,20,23)(H,22,25)/b6-1+. The topological polar surface area (TPSA) is 110 Å². The maximum Gasteiger partial charge on any atom is 0.248 e. The van der Waals surface area contributed by atoms with Crippen molar-refractivity contribution in [2.45, 2.75) is 0 Å². The largest absolute Gasteiger partial charge is 0.381 e. The number of amides is 1. The molecular weight excluding hydrogens is 316 g/mol. The third-order valence-electron chi connectivity index (χ3n) is 3.40. The summed E-state index contributed by atoms with van der Waals surface area (Å²) in [6.07, 6.45) is 8.05. The fraction of sp³-hybridized carbons (Fsp3) is 0. The number of rotatable bonds is 4. The summed E-state index contributed by atoms with van der Waals surface area (Å²) < 4.78 is 1.52. The number of carbonyl (C=O) groups is 1. The number of pyridine rings is 1. The van der Waals surface area contributed by atoms with Crippen molar-refractivity contribution in [1.82, 2.24) is 14.8 Å². The van der Waals surface area contributed by atoms with E-state index in [0.717, 1.165) is 11.3 Å². The van der Waals surface area contributed by atoms with Crippen LogP contribution in [0.25, 0.3) is 11.8 Å². The van der Waals surface area contributed by atoms with Crippen LogP contribution in [0.1, 0.15) is 11.1 Å². The molecule has 25 heavy (non-hydrogen) atoms. The summed E-state index contributed by atoms with van der Waals surface area (Å²) in [6.45, 7) is 0. The van der Waals surface area contributed by atoms with E-state index in [-0.39, 0.29) is 11.7 Å². The highest BCUT2D eigenvalue weighted by Gasteiger charge is 2.06. The zero-order valence-corrected chi connectivity index (χ0v) is 13.1. The molecule has 3 N–H and O–H groups in total. The number of benzene rings is 1. The van der Waals surface area contributed by atoms with Gasteiger partial charge in [0.15, 0.2) is 5.82 Å². The summed E-state index contributed by atoms with van der Waals surface area (Å²) in [4.78, 5) is 15.9. The van der Waals surface area contributed by atoms with E-state index in [4.69, 9.17) is 11.0 Å². The quantitative estimate of drug-likeness (QED) is 0.714. The average Bonchev–Trinajstić information content (AvgIpc) is 3.02. The highest BCUT2D eigenvalue weighted by atomic mass is 16.1. The van der Waals surface area contributed by atoms with E-state index in [2.05, 4.69) is 15.4 Å². The molecule has 1 aromatic carbocycles. The second-order valence-electron chi connectivity index (χ2n) is 5.13. The first-order valence-electron chi connectivity index (χ1n) is 7.40. The third-order valence-corrected chi connectivity index (χ3v) is 3.40. The van der Waals surface area contributed by atoms with Crippen molar-refractivity contribution >= 4 is 23.5 Å². The molecule has 2 heterocycles. The van der Waals surface area contributed by atoms with E-state index in [1.807, 2.05) is 18.2 Å². The van der Waals surface area contributed by atoms with Gasteiger partial charge in [0.25, 0.3) is 0 Å². The molecule has 2 aromatic heterocycles. The zero-order valence-electron chi connectivity index (χ0n) is 13.1. The molecule has 1 amide bonds. The SMILES string of the molecule is N#Cc1cn(-c2ccc(NC(=O)/C=C/c3ccncc3)cc2)nc1N. The normalized spacial score (nSPS) is 10.5. The summed E-state index contributed by atoms with van der Waals surface area (Å²) >= 11 is 0. The van der Waals surface area contributed by atoms with E-state index >= 15 is 0 Å². The van der Waals surface area contributed by atoms with E-state index < -0.39 is 0 Å². The van der Waals surface area contributed by atoms with Gasteiger partial charge in [-0.25, -0.2) is 4.68 Å². The highest BCUT2D eigenvalue weighted by molar-refractivity contribution is 6.01. The second-order valence-corrected chi connectivity index (χ2v) is 5.13. The minimum Gasteiger partial charge on any atom is -0.381 e. The Morgan fingerprint density at radius 3 is 2.56 bits per heavy atom. The van der Waals surface area contributed by atoms with E-state index in [9.17, 15) is 4.79 Å². The summed E-state index contributed by atoms with van der Waals surface area (Å²) in [5.74, 6) is -0.0548. The monoisotopic (exact) mass is 330 g/mol. The smallest absolute Gasteiger partial charge is 0.248 e. The highest BCUT2D eigenvalue weighted by Crippen LogP contribution is 2.16. The van der Waals surface area contributed by atoms with Gasteiger partial charge in [0.1, 0.15) is 11.6 Å². The van der Waals surface area contributed by atoms with Gasteiger partial charge in [-0.15, -0.1) is 5.10 Å². The van der Waals surface area contributed by atoms with Crippen LogP contribution in [0.4, 0.5) is 11.5 Å². The van der Waals surface area contributed by atoms with Gasteiger partial charge in [-0.1, -0.05) is 0 Å². The molecule has 0 aliphatic rings. The number of aromatic nitrogens is 3. The Hall–Kier alpha value is -3.92. The Balaban J connectivity index is 1.67. The van der Waals surface area contributed by atoms with Crippen molar-refractivity contribution in [3.05, 3.63) is 72.2 Å². The van der Waals surface area contributed by atoms with Crippen LogP contribution in [0.5, 0.6) is 0 Å². The number of nitrogen functional groups attached to an aromatic ring is 1. The van der Waals surface area contributed by atoms with E-state index in [1.54, 1.807) is 48.9 Å². The Bertz CT molecular complexity index is 951. The first-order chi connectivity index (χ1) is 12.2. The maximum absolute atomic E-state index is 11.9. The van der Waals surface area contributed by atoms with Crippen LogP contribution in [0.2, 0.25) is 0 Å². The number of nitrogens with two attached hydrogens (primary N) is 1. The summed E-state index contributed by atoms with van der Waals surface area (Å²) in [7, 11) is 0. The molecular formula is C18H14N6O. The number of nitrogens with zero attached hydrogens (tertiary/aromatic N) is 4. The molecule has 0 bridgehead atoms. The van der Waals surface area contributed by atoms with Gasteiger partial charge in [0.05, 0.1) is 11.9 Å². The van der Waals surface area contributed by atoms with Gasteiger partial charge in [0, 0.05) is 24.2 Å². The van der Waals surface area contributed by atoms with Gasteiger partial charge in [0.2, 0.25) is 5.91 Å². The van der Waals surface area contributed by atoms with Crippen LogP contribution in [-0.4, -0.2) is 20.7 Å². The zero-order chi connectivity index (χ0) is 17.6. The summed E-state index contributed by atoms with van der Waals surface area (Å²) in [6, 6.07) is 12.6. The number of hydrogen-bond donors (Lipinski definition) is 2. The van der Waals surface area contributed by atoms with Crippen molar-refractivity contribution in [3.63, 3.8) is 0 Å². The minimum atomic E-state index is -0.236. The molecule has 0 unspecified atom stereocenters. The van der Waals surface area contributed by atoms with Gasteiger partial charge >= 0.3 is 0 Å². The lowest BCUT2D eigenvalue weighted by Crippen LogP contribution is -2.07. The van der Waals surface area contributed by atoms with Crippen molar-refractivity contribution < 1.29 is 4.79 Å². The van der Waals surface area contributed by atoms with Crippen LogP contribution in [0.15, 0.2) is 61.1 Å². The van der Waals surface area contributed by atoms with Crippen LogP contribution < -0.4 is 11.1 Å². The lowest BCUT2D eigenvalue weighted by molar-refractivity contribution is -0.111. The molecule has 0 aliphatic carbocycles. The fourth-order valence-electron chi connectivity index (χ4n) is 2.13. The number of hydrogen-bond acceptors (Lipinski definition) is 5. The van der Waals surface area contributed by atoms with Crippen LogP contribution in [-0.2, 0) is 4.79 Å². The Kier molecular flexibility index (Phi) is 4.53. The molecule has 0 atom stereocenters. The average molecular weight is 330 g/mol. The number of carbonyl (C=O) groups excluding carboxylic acids is 1. The maximum atomic E-state index is 11.9. The van der Waals surface area contributed by atoms with Crippen molar-refractivity contribution in [2.75, 3.05) is 11.1 Å². The molecule has 3 aromatic rings. The molecule has 122 valence electrons. The van der Waals surface area contributed by atoms with Gasteiger partial charge < -0.3 is 11.1 Å². The van der Waals surface area contributed by atoms with Gasteiger partial charge in [-0.2, -0.15) is 5.26 Å². The first-order valence-corrected chi connectivity index (χ1v) is 7.40. The van der Waals surface area contributed by atoms with Crippen molar-refractivity contribution in [3.8, 4) is 11.8 Å². The summed E-state index contributed by atoms with van der Waals surface area (Å²) in [5, 5.41) is 15.8. The third kappa shape index (κ3) is 3.89. The molecule has 0 spiro atoms. The van der Waals surface area contributed by atoms with Crippen LogP contribution in [0, 0.1) is 11.3 Å². The molecule has 3 rings (SSSR count). The Morgan fingerprint density at radius 1 is 1.20 bits per heavy atom. The predicted molar refractivity (Wildman–Crippen MR) is 94.6 cm³/mol. The molecule has 0 fully saturated rings. The molecule has 0 radical (unpaired) electrons. The van der Waals surface area contributed by atoms with E-state index in [0.29, 0.717) is 11.3 Å². The predicted octanol–water partition coefficient (Wildman–Crippen LogP) is 2.37. The summed E-state index contributed by atoms with van der Waals surface area (Å²) in [5.41, 5.74) is 8.24. The lowest BCUT2D eigenvalue weighted by atomic mass is 10.2. The Morgan fingerprint density at radius 2 is 1.92 bits per heavy atom. The van der Waals surface area contributed by atoms with Crippen molar-refractivity contribution in [2.24, 2.45) is 0 Å². The number of nitriles is 1. The number of nitrogens with one attached hydrogen (secondary N) is 1. The van der Waals surface area contributed by atoms with Crippen molar-refractivity contribution in [1.29, 1.82) is 5.26 Å². The number of anilines is 2. The van der Waals surface area contributed by atoms with Crippen LogP contribution >= 0.6 is 0 Å². The van der Waals surface area contributed by atoms with Gasteiger partial charge in [-0.3, -0.25) is 9.78 Å². The molecule has 0 saturated carbocycles. The minimum absolute atomic E-state index is 0.182.